The van der Waals surface area contributed by atoms with Crippen LogP contribution in [0.3, 0.4) is 0 Å². The van der Waals surface area contributed by atoms with Gasteiger partial charge in [-0.05, 0) is 56.1 Å². The Kier molecular flexibility index (Phi) is 26.3. The first-order valence-corrected chi connectivity index (χ1v) is 27.2. The van der Waals surface area contributed by atoms with Gasteiger partial charge in [-0.3, -0.25) is 19.4 Å². The van der Waals surface area contributed by atoms with E-state index in [1.54, 1.807) is 0 Å². The molecule has 0 unspecified atom stereocenters. The van der Waals surface area contributed by atoms with Gasteiger partial charge in [0.25, 0.3) is 5.91 Å². The molecule has 0 bridgehead atoms. The number of para-hydroxylation sites is 2. The van der Waals surface area contributed by atoms with Crippen molar-refractivity contribution in [1.29, 1.82) is 4.78 Å². The molecule has 6 rings (SSSR count). The van der Waals surface area contributed by atoms with E-state index in [4.69, 9.17) is 61.3 Å². The average molecular weight is 1120 g/mol. The van der Waals surface area contributed by atoms with Crippen LogP contribution in [0.4, 0.5) is 5.82 Å². The summed E-state index contributed by atoms with van der Waals surface area (Å²) in [6.45, 7) is 21.0. The molecule has 0 atom stereocenters. The summed E-state index contributed by atoms with van der Waals surface area (Å²) in [4.78, 5) is 78.5. The molecule has 0 saturated carbocycles. The molecule has 0 fully saturated rings. The molecule has 2 amide bonds. The summed E-state index contributed by atoms with van der Waals surface area (Å²) >= 11 is 0. The summed E-state index contributed by atoms with van der Waals surface area (Å²) in [6, 6.07) is 16.1. The number of unbranched alkanes of at least 4 members (excludes halogenated alkanes) is 2. The van der Waals surface area contributed by atoms with E-state index in [0.717, 1.165) is 52.2 Å². The van der Waals surface area contributed by atoms with Crippen molar-refractivity contribution in [2.75, 3.05) is 78.4 Å². The fourth-order valence-corrected chi connectivity index (χ4v) is 7.98. The normalized spacial score (nSPS) is 11.4. The number of carbonyl (C=O) groups excluding carboxylic acids is 5. The first-order valence-electron chi connectivity index (χ1n) is 26.2. The van der Waals surface area contributed by atoms with Gasteiger partial charge in [0, 0.05) is 50.4 Å². The molecule has 0 saturated heterocycles. The van der Waals surface area contributed by atoms with Crippen molar-refractivity contribution in [3.8, 4) is 0 Å². The Labute approximate surface area is 462 Å². The molecular formula is C55H77N9O14S. The fourth-order valence-electron chi connectivity index (χ4n) is 7.98. The van der Waals surface area contributed by atoms with Gasteiger partial charge < -0.3 is 52.9 Å². The third kappa shape index (κ3) is 22.0. The molecule has 432 valence electrons. The van der Waals surface area contributed by atoms with Crippen molar-refractivity contribution in [3.63, 3.8) is 0 Å². The summed E-state index contributed by atoms with van der Waals surface area (Å²) in [7, 11) is -1.15. The highest BCUT2D eigenvalue weighted by atomic mass is 32.2. The number of rotatable bonds is 27. The van der Waals surface area contributed by atoms with E-state index in [0.29, 0.717) is 55.9 Å². The molecule has 3 N–H and O–H groups in total. The molecule has 4 heterocycles. The molecule has 0 aliphatic carbocycles. The van der Waals surface area contributed by atoms with E-state index in [1.165, 1.54) is 18.0 Å². The number of amides is 2. The molecule has 4 aromatic heterocycles. The van der Waals surface area contributed by atoms with Gasteiger partial charge in [-0.25, -0.2) is 24.5 Å². The van der Waals surface area contributed by atoms with Crippen LogP contribution in [0.1, 0.15) is 98.4 Å². The van der Waals surface area contributed by atoms with Crippen LogP contribution in [0.25, 0.3) is 43.9 Å². The predicted octanol–water partition coefficient (Wildman–Crippen LogP) is 7.22. The number of imidazole rings is 2. The second-order valence-electron chi connectivity index (χ2n) is 20.5. The number of fused-ring (bicyclic) bond motifs is 6. The summed E-state index contributed by atoms with van der Waals surface area (Å²) in [5.41, 5.74) is 6.62. The Morgan fingerprint density at radius 2 is 1.10 bits per heavy atom. The van der Waals surface area contributed by atoms with Gasteiger partial charge in [-0.15, -0.1) is 0 Å². The van der Waals surface area contributed by atoms with Crippen molar-refractivity contribution in [2.45, 2.75) is 114 Å². The number of hydrogen-bond donors (Lipinski definition) is 3. The highest BCUT2D eigenvalue weighted by molar-refractivity contribution is 7.60. The van der Waals surface area contributed by atoms with Crippen molar-refractivity contribution in [2.24, 2.45) is 10.8 Å². The summed E-state index contributed by atoms with van der Waals surface area (Å²) in [5, 5.41) is 7.28. The molecule has 0 aliphatic heterocycles. The number of likely N-dealkylation sites (N-methyl/N-ethyl adjacent to an activating group) is 1. The quantitative estimate of drug-likeness (QED) is 0.0260. The SMILES string of the molecule is CCOCc1nc2c(NC(=O)COCC(=O)OCCCCCC(=O)OCCOCCOC(=O)COCC(=O)NC)nc3ccccc3c2n1CC(C)(C)C.CCc1nc2c(C)nc3ccccc3c2n1CC(C)(C)C.N=S(=O)=O. The topological polar surface area (TPSA) is 293 Å². The minimum Gasteiger partial charge on any atom is -0.464 e. The molecular weight excluding hydrogens is 1040 g/mol. The smallest absolute Gasteiger partial charge is 0.332 e. The van der Waals surface area contributed by atoms with Crippen LogP contribution in [-0.4, -0.2) is 140 Å². The van der Waals surface area contributed by atoms with E-state index >= 15 is 0 Å². The number of carbonyl (C=O) groups is 5. The first-order chi connectivity index (χ1) is 37.5. The van der Waals surface area contributed by atoms with Crippen LogP contribution in [0.5, 0.6) is 0 Å². The second kappa shape index (κ2) is 32.2. The summed E-state index contributed by atoms with van der Waals surface area (Å²) < 4.78 is 63.7. The maximum absolute atomic E-state index is 12.9. The van der Waals surface area contributed by atoms with Crippen LogP contribution in [0.2, 0.25) is 0 Å². The van der Waals surface area contributed by atoms with Gasteiger partial charge in [0.2, 0.25) is 5.91 Å². The van der Waals surface area contributed by atoms with Crippen molar-refractivity contribution >= 4 is 89.9 Å². The summed E-state index contributed by atoms with van der Waals surface area (Å²) in [5.74, 6) is -0.284. The minimum atomic E-state index is -2.61. The van der Waals surface area contributed by atoms with Crippen LogP contribution in [0, 0.1) is 22.5 Å². The monoisotopic (exact) mass is 1120 g/mol. The highest BCUT2D eigenvalue weighted by Crippen LogP contribution is 2.33. The van der Waals surface area contributed by atoms with E-state index < -0.39 is 41.6 Å². The van der Waals surface area contributed by atoms with Gasteiger partial charge in [0.05, 0.1) is 47.6 Å². The maximum Gasteiger partial charge on any atom is 0.332 e. The lowest BCUT2D eigenvalue weighted by atomic mass is 9.96. The van der Waals surface area contributed by atoms with Gasteiger partial charge in [0.1, 0.15) is 68.9 Å². The number of anilines is 1. The molecule has 24 heteroatoms. The molecule has 23 nitrogen and oxygen atoms in total. The van der Waals surface area contributed by atoms with Gasteiger partial charge in [-0.1, -0.05) is 84.9 Å². The van der Waals surface area contributed by atoms with Gasteiger partial charge >= 0.3 is 28.4 Å². The molecule has 0 aliphatic rings. The number of benzene rings is 2. The number of nitrogens with one attached hydrogen (secondary N) is 3. The van der Waals surface area contributed by atoms with Crippen molar-refractivity contribution in [1.82, 2.24) is 34.4 Å². The summed E-state index contributed by atoms with van der Waals surface area (Å²) in [6.07, 6.45) is 2.85. The third-order valence-corrected chi connectivity index (χ3v) is 11.2. The Bertz CT molecular complexity index is 3110. The van der Waals surface area contributed by atoms with Crippen LogP contribution in [-0.2, 0) is 93.7 Å². The van der Waals surface area contributed by atoms with Crippen LogP contribution < -0.4 is 10.6 Å². The van der Waals surface area contributed by atoms with Crippen LogP contribution >= 0.6 is 0 Å². The van der Waals surface area contributed by atoms with Crippen molar-refractivity contribution < 1.29 is 65.5 Å². The molecule has 0 radical (unpaired) electrons. The number of esters is 3. The number of pyridine rings is 2. The van der Waals surface area contributed by atoms with E-state index in [1.807, 2.05) is 37.3 Å². The van der Waals surface area contributed by atoms with E-state index in [9.17, 15) is 24.0 Å². The Morgan fingerprint density at radius 1 is 0.595 bits per heavy atom. The lowest BCUT2D eigenvalue weighted by molar-refractivity contribution is -0.152. The van der Waals surface area contributed by atoms with Crippen molar-refractivity contribution in [3.05, 3.63) is 65.9 Å². The van der Waals surface area contributed by atoms with Gasteiger partial charge in [-0.2, -0.15) is 13.2 Å². The molecule has 0 spiro atoms. The number of ether oxygens (including phenoxy) is 7. The highest BCUT2D eigenvalue weighted by Gasteiger charge is 2.24. The zero-order valence-electron chi connectivity index (χ0n) is 47.2. The third-order valence-electron chi connectivity index (χ3n) is 11.2. The van der Waals surface area contributed by atoms with E-state index in [2.05, 4.69) is 98.3 Å². The fraction of sp³-hybridized carbons (Fsp3) is 0.545. The second-order valence-corrected chi connectivity index (χ2v) is 20.9. The number of hydrogen-bond acceptors (Lipinski definition) is 19. The molecule has 6 aromatic rings. The number of aryl methyl sites for hydroxylation is 2. The predicted molar refractivity (Wildman–Crippen MR) is 297 cm³/mol. The molecule has 2 aromatic carbocycles. The largest absolute Gasteiger partial charge is 0.464 e. The first kappa shape index (κ1) is 64.5. The van der Waals surface area contributed by atoms with Crippen LogP contribution in [0.15, 0.2) is 48.5 Å². The molecule has 79 heavy (non-hydrogen) atoms. The number of nitrogens with zero attached hydrogens (tertiary/aromatic N) is 6. The Hall–Kier alpha value is -6.99. The minimum absolute atomic E-state index is 0.00273. The zero-order valence-corrected chi connectivity index (χ0v) is 48.0. The van der Waals surface area contributed by atoms with Gasteiger partial charge in [0.15, 0.2) is 5.82 Å². The standard InChI is InChI=1S/C37H53N5O12.C18H23N3.HNO2S/c1-6-48-20-28-40-34-35(42(28)25-37(2,3)4)26-12-9-10-13-27(26)39-36(34)41-30(44)22-51-23-32(46)52-15-11-7-8-14-31(45)53-18-16-49-17-19-54-33(47)24-50-21-29(43)38-5;1-6-15-20-16-12(2)19-14-10-8-7-9-13(14)17(16)21(15)11-18(3,4)5;1-4(2)3/h9-10,12-13H,6-8,11,14-25H2,1-5H3,(H,38,43)(H,39,41,44);7-10H,6,11H2,1-5H3;1H. The number of aromatic nitrogens is 6. The average Bonchev–Trinajstić information content (AvgIpc) is 4.14. The van der Waals surface area contributed by atoms with E-state index in [-0.39, 0.29) is 75.4 Å². The Morgan fingerprint density at radius 3 is 1.66 bits per heavy atom. The maximum atomic E-state index is 12.9. The Balaban J connectivity index is 0.000000439. The zero-order chi connectivity index (χ0) is 58.1. The lowest BCUT2D eigenvalue weighted by Crippen LogP contribution is -2.25. The lowest BCUT2D eigenvalue weighted by Gasteiger charge is -2.21.